The summed E-state index contributed by atoms with van der Waals surface area (Å²) in [6.45, 7) is 6.54. The predicted molar refractivity (Wildman–Crippen MR) is 72.9 cm³/mol. The Morgan fingerprint density at radius 2 is 1.17 bits per heavy atom. The highest BCUT2D eigenvalue weighted by Gasteiger charge is 2.38. The van der Waals surface area contributed by atoms with Crippen molar-refractivity contribution < 1.29 is 31.1 Å². The van der Waals surface area contributed by atoms with E-state index in [9.17, 15) is 31.1 Å². The molecule has 1 aromatic carbocycles. The summed E-state index contributed by atoms with van der Waals surface area (Å²) < 4.78 is 77.0. The first-order chi connectivity index (χ1) is 10.2. The van der Waals surface area contributed by atoms with Crippen molar-refractivity contribution in [2.45, 2.75) is 52.1 Å². The first kappa shape index (κ1) is 19.3. The zero-order chi connectivity index (χ0) is 18.2. The van der Waals surface area contributed by atoms with Gasteiger partial charge in [-0.25, -0.2) is 0 Å². The smallest absolute Gasteiger partial charge is 0.334 e. The SMILES string of the molecule is CC(C)N(C(=O)c1cc(C(F)(F)F)cc(C(F)(F)F)c1)C(C)C. The van der Waals surface area contributed by atoms with Crippen LogP contribution in [0.2, 0.25) is 0 Å². The Morgan fingerprint density at radius 1 is 0.826 bits per heavy atom. The molecule has 8 heteroatoms. The van der Waals surface area contributed by atoms with Crippen LogP contribution in [-0.4, -0.2) is 22.9 Å². The van der Waals surface area contributed by atoms with E-state index in [0.29, 0.717) is 12.1 Å². The van der Waals surface area contributed by atoms with Gasteiger partial charge in [-0.1, -0.05) is 0 Å². The number of amides is 1. The van der Waals surface area contributed by atoms with E-state index < -0.39 is 35.0 Å². The third kappa shape index (κ3) is 4.62. The molecule has 0 spiro atoms. The van der Waals surface area contributed by atoms with Crippen LogP contribution < -0.4 is 0 Å². The van der Waals surface area contributed by atoms with Crippen LogP contribution in [0.15, 0.2) is 18.2 Å². The molecule has 0 N–H and O–H groups in total. The Morgan fingerprint density at radius 3 is 1.43 bits per heavy atom. The summed E-state index contributed by atoms with van der Waals surface area (Å²) in [7, 11) is 0. The van der Waals surface area contributed by atoms with Crippen LogP contribution in [-0.2, 0) is 12.4 Å². The van der Waals surface area contributed by atoms with E-state index in [1.807, 2.05) is 0 Å². The highest BCUT2D eigenvalue weighted by Crippen LogP contribution is 2.36. The van der Waals surface area contributed by atoms with E-state index in [1.165, 1.54) is 4.90 Å². The van der Waals surface area contributed by atoms with Gasteiger partial charge >= 0.3 is 12.4 Å². The molecule has 0 atom stereocenters. The summed E-state index contributed by atoms with van der Waals surface area (Å²) in [6, 6.07) is 0.175. The van der Waals surface area contributed by atoms with Gasteiger partial charge in [0.15, 0.2) is 0 Å². The summed E-state index contributed by atoms with van der Waals surface area (Å²) in [6.07, 6.45) is -9.95. The van der Waals surface area contributed by atoms with Crippen LogP contribution >= 0.6 is 0 Å². The average molecular weight is 341 g/mol. The normalized spacial score (nSPS) is 12.9. The number of hydrogen-bond donors (Lipinski definition) is 0. The van der Waals surface area contributed by atoms with E-state index in [1.54, 1.807) is 27.7 Å². The zero-order valence-corrected chi connectivity index (χ0v) is 13.0. The Kier molecular flexibility index (Phi) is 5.38. The van der Waals surface area contributed by atoms with Gasteiger partial charge in [-0.05, 0) is 45.9 Å². The average Bonchev–Trinajstić information content (AvgIpc) is 2.35. The molecular formula is C15H17F6NO. The molecule has 1 aromatic rings. The number of nitrogens with zero attached hydrogens (tertiary/aromatic N) is 1. The fourth-order valence-electron chi connectivity index (χ4n) is 2.29. The molecule has 0 bridgehead atoms. The summed E-state index contributed by atoms with van der Waals surface area (Å²) in [5.74, 6) is -0.869. The van der Waals surface area contributed by atoms with Crippen molar-refractivity contribution in [3.05, 3.63) is 34.9 Å². The highest BCUT2D eigenvalue weighted by molar-refractivity contribution is 5.95. The lowest BCUT2D eigenvalue weighted by atomic mass is 10.0. The first-order valence-electron chi connectivity index (χ1n) is 6.87. The van der Waals surface area contributed by atoms with Crippen molar-refractivity contribution in [1.29, 1.82) is 0 Å². The molecule has 0 aliphatic carbocycles. The van der Waals surface area contributed by atoms with Crippen LogP contribution in [0, 0.1) is 0 Å². The van der Waals surface area contributed by atoms with Gasteiger partial charge in [0.25, 0.3) is 5.91 Å². The largest absolute Gasteiger partial charge is 0.416 e. The minimum atomic E-state index is -4.98. The molecule has 0 saturated carbocycles. The molecule has 0 radical (unpaired) electrons. The van der Waals surface area contributed by atoms with Crippen LogP contribution in [0.5, 0.6) is 0 Å². The Hall–Kier alpha value is -1.73. The van der Waals surface area contributed by atoms with Gasteiger partial charge in [-0.2, -0.15) is 26.3 Å². The number of halogens is 6. The molecule has 0 saturated heterocycles. The minimum absolute atomic E-state index is 0.00582. The Bertz CT molecular complexity index is 534. The van der Waals surface area contributed by atoms with Crippen molar-refractivity contribution >= 4 is 5.91 Å². The molecule has 0 unspecified atom stereocenters. The second-order valence-corrected chi connectivity index (χ2v) is 5.69. The van der Waals surface area contributed by atoms with Crippen LogP contribution in [0.1, 0.15) is 49.2 Å². The van der Waals surface area contributed by atoms with Crippen molar-refractivity contribution in [3.63, 3.8) is 0 Å². The minimum Gasteiger partial charge on any atom is -0.334 e. The molecule has 0 aromatic heterocycles. The second kappa shape index (κ2) is 6.41. The van der Waals surface area contributed by atoms with E-state index >= 15 is 0 Å². The quantitative estimate of drug-likeness (QED) is 0.710. The molecule has 0 heterocycles. The maximum atomic E-state index is 12.8. The molecule has 1 amide bonds. The lowest BCUT2D eigenvalue weighted by Crippen LogP contribution is -2.42. The lowest BCUT2D eigenvalue weighted by Gasteiger charge is -2.31. The van der Waals surface area contributed by atoms with Crippen LogP contribution in [0.3, 0.4) is 0 Å². The van der Waals surface area contributed by atoms with E-state index in [0.717, 1.165) is 0 Å². The Balaban J connectivity index is 3.49. The monoisotopic (exact) mass is 341 g/mol. The summed E-state index contributed by atoms with van der Waals surface area (Å²) in [5, 5.41) is 0. The summed E-state index contributed by atoms with van der Waals surface area (Å²) in [4.78, 5) is 13.6. The van der Waals surface area contributed by atoms with Crippen molar-refractivity contribution in [2.24, 2.45) is 0 Å². The molecule has 2 nitrogen and oxygen atoms in total. The van der Waals surface area contributed by atoms with Gasteiger partial charge in [-0.15, -0.1) is 0 Å². The third-order valence-electron chi connectivity index (χ3n) is 3.18. The fourth-order valence-corrected chi connectivity index (χ4v) is 2.29. The van der Waals surface area contributed by atoms with Crippen molar-refractivity contribution in [2.75, 3.05) is 0 Å². The summed E-state index contributed by atoms with van der Waals surface area (Å²) >= 11 is 0. The van der Waals surface area contributed by atoms with Gasteiger partial charge in [0.2, 0.25) is 0 Å². The van der Waals surface area contributed by atoms with E-state index in [2.05, 4.69) is 0 Å². The van der Waals surface area contributed by atoms with Gasteiger partial charge in [0.05, 0.1) is 11.1 Å². The number of rotatable bonds is 3. The molecule has 0 fully saturated rings. The van der Waals surface area contributed by atoms with Gasteiger partial charge < -0.3 is 4.90 Å². The van der Waals surface area contributed by atoms with Crippen molar-refractivity contribution in [3.8, 4) is 0 Å². The topological polar surface area (TPSA) is 20.3 Å². The number of benzene rings is 1. The highest BCUT2D eigenvalue weighted by atomic mass is 19.4. The molecule has 23 heavy (non-hydrogen) atoms. The number of alkyl halides is 6. The van der Waals surface area contributed by atoms with Crippen LogP contribution in [0.4, 0.5) is 26.3 Å². The first-order valence-corrected chi connectivity index (χ1v) is 6.87. The van der Waals surface area contributed by atoms with Crippen molar-refractivity contribution in [1.82, 2.24) is 4.90 Å². The maximum absolute atomic E-state index is 12.8. The molecule has 0 aliphatic heterocycles. The Labute approximate surface area is 130 Å². The third-order valence-corrected chi connectivity index (χ3v) is 3.18. The number of hydrogen-bond acceptors (Lipinski definition) is 1. The standard InChI is InChI=1S/C15H17F6NO/c1-8(2)22(9(3)4)13(23)10-5-11(14(16,17)18)7-12(6-10)15(19,20)21/h5-9H,1-4H3. The molecule has 130 valence electrons. The zero-order valence-electron chi connectivity index (χ0n) is 13.0. The van der Waals surface area contributed by atoms with Gasteiger partial charge in [-0.3, -0.25) is 4.79 Å². The van der Waals surface area contributed by atoms with Crippen LogP contribution in [0.25, 0.3) is 0 Å². The predicted octanol–water partition coefficient (Wildman–Crippen LogP) is 4.98. The van der Waals surface area contributed by atoms with E-state index in [4.69, 9.17) is 0 Å². The molecule has 1 rings (SSSR count). The fraction of sp³-hybridized carbons (Fsp3) is 0.533. The van der Waals surface area contributed by atoms with Gasteiger partial charge in [0, 0.05) is 17.6 Å². The lowest BCUT2D eigenvalue weighted by molar-refractivity contribution is -0.143. The molecular weight excluding hydrogens is 324 g/mol. The second-order valence-electron chi connectivity index (χ2n) is 5.69. The van der Waals surface area contributed by atoms with E-state index in [-0.39, 0.29) is 18.2 Å². The maximum Gasteiger partial charge on any atom is 0.416 e. The summed E-state index contributed by atoms with van der Waals surface area (Å²) in [5.41, 5.74) is -3.62. The number of carbonyl (C=O) groups excluding carboxylic acids is 1. The van der Waals surface area contributed by atoms with Gasteiger partial charge in [0.1, 0.15) is 0 Å². The molecule has 0 aliphatic rings. The number of carbonyl (C=O) groups is 1.